The van der Waals surface area contributed by atoms with Gasteiger partial charge in [-0.2, -0.15) is 0 Å². The predicted molar refractivity (Wildman–Crippen MR) is 168 cm³/mol. The lowest BCUT2D eigenvalue weighted by Gasteiger charge is -2.31. The summed E-state index contributed by atoms with van der Waals surface area (Å²) in [7, 11) is 0. The fraction of sp³-hybridized carbons (Fsp3) is 0.758. The molecule has 7 nitrogen and oxygen atoms in total. The second-order valence-electron chi connectivity index (χ2n) is 12.1. The molecule has 0 saturated heterocycles. The molecule has 2 rings (SSSR count). The van der Waals surface area contributed by atoms with Crippen molar-refractivity contribution < 1.29 is 4.92 Å². The van der Waals surface area contributed by atoms with E-state index in [1.165, 1.54) is 95.6 Å². The van der Waals surface area contributed by atoms with Crippen LogP contribution in [0.2, 0.25) is 0 Å². The Bertz CT molecular complexity index is 1060. The van der Waals surface area contributed by atoms with E-state index in [0.717, 1.165) is 31.6 Å². The predicted octanol–water partition coefficient (Wildman–Crippen LogP) is 8.84. The van der Waals surface area contributed by atoms with Crippen LogP contribution in [0.4, 0.5) is 5.69 Å². The first-order chi connectivity index (χ1) is 19.3. The third-order valence-corrected chi connectivity index (χ3v) is 8.14. The molecule has 2 aromatic rings. The van der Waals surface area contributed by atoms with Gasteiger partial charge in [0.1, 0.15) is 5.82 Å². The number of non-ortho nitro benzene ring substituents is 1. The van der Waals surface area contributed by atoms with Crippen molar-refractivity contribution in [3.63, 3.8) is 0 Å². The molecular weight excluding hydrogens is 500 g/mol. The van der Waals surface area contributed by atoms with Gasteiger partial charge in [0.2, 0.25) is 0 Å². The summed E-state index contributed by atoms with van der Waals surface area (Å²) in [6.07, 6.45) is 20.4. The van der Waals surface area contributed by atoms with Crippen LogP contribution >= 0.6 is 0 Å². The molecule has 0 unspecified atom stereocenters. The molecule has 0 bridgehead atoms. The van der Waals surface area contributed by atoms with Crippen LogP contribution in [0.15, 0.2) is 23.0 Å². The molecular formula is C33H56N4O3. The quantitative estimate of drug-likeness (QED) is 0.0822. The zero-order chi connectivity index (χ0) is 29.3. The number of rotatable bonds is 22. The number of hydrogen-bond acceptors (Lipinski definition) is 5. The van der Waals surface area contributed by atoms with Gasteiger partial charge in [0, 0.05) is 43.7 Å². The van der Waals surface area contributed by atoms with Crippen molar-refractivity contribution in [1.82, 2.24) is 14.5 Å². The minimum atomic E-state index is -0.426. The monoisotopic (exact) mass is 556 g/mol. The molecule has 0 spiro atoms. The van der Waals surface area contributed by atoms with Crippen molar-refractivity contribution in [3.05, 3.63) is 44.5 Å². The molecule has 1 aromatic carbocycles. The molecule has 1 aromatic heterocycles. The maximum Gasteiger partial charge on any atom is 0.271 e. The number of nitro groups is 1. The second kappa shape index (κ2) is 19.0. The average molecular weight is 557 g/mol. The summed E-state index contributed by atoms with van der Waals surface area (Å²) >= 11 is 0. The molecule has 0 atom stereocenters. The minimum absolute atomic E-state index is 0.0270. The molecule has 1 heterocycles. The van der Waals surface area contributed by atoms with Crippen molar-refractivity contribution in [1.29, 1.82) is 0 Å². The van der Waals surface area contributed by atoms with Gasteiger partial charge in [0.15, 0.2) is 0 Å². The molecule has 0 amide bonds. The molecule has 0 saturated carbocycles. The van der Waals surface area contributed by atoms with E-state index >= 15 is 0 Å². The van der Waals surface area contributed by atoms with Crippen LogP contribution in [0.25, 0.3) is 10.9 Å². The summed E-state index contributed by atoms with van der Waals surface area (Å²) in [4.78, 5) is 31.5. The van der Waals surface area contributed by atoms with E-state index in [-0.39, 0.29) is 11.2 Å². The highest BCUT2D eigenvalue weighted by atomic mass is 16.6. The molecule has 226 valence electrons. The summed E-state index contributed by atoms with van der Waals surface area (Å²) in [6, 6.07) is 5.15. The number of nitro benzene ring substituents is 1. The first-order valence-corrected chi connectivity index (χ1v) is 16.2. The highest BCUT2D eigenvalue weighted by Gasteiger charge is 2.17. The van der Waals surface area contributed by atoms with E-state index in [2.05, 4.69) is 39.5 Å². The van der Waals surface area contributed by atoms with Gasteiger partial charge in [-0.05, 0) is 40.2 Å². The number of benzene rings is 1. The van der Waals surface area contributed by atoms with Crippen molar-refractivity contribution in [3.8, 4) is 0 Å². The van der Waals surface area contributed by atoms with Crippen LogP contribution in [0, 0.1) is 10.1 Å². The highest BCUT2D eigenvalue weighted by molar-refractivity contribution is 5.80. The summed E-state index contributed by atoms with van der Waals surface area (Å²) in [5.74, 6) is 0.750. The molecule has 7 heteroatoms. The van der Waals surface area contributed by atoms with E-state index in [0.29, 0.717) is 29.5 Å². The zero-order valence-electron chi connectivity index (χ0n) is 26.1. The van der Waals surface area contributed by atoms with Crippen LogP contribution in [0.5, 0.6) is 0 Å². The lowest BCUT2D eigenvalue weighted by Crippen LogP contribution is -2.41. The molecule has 0 aliphatic carbocycles. The van der Waals surface area contributed by atoms with Crippen molar-refractivity contribution in [2.45, 2.75) is 156 Å². The van der Waals surface area contributed by atoms with Gasteiger partial charge in [0.05, 0.1) is 15.8 Å². The fourth-order valence-corrected chi connectivity index (χ4v) is 5.77. The molecule has 0 aliphatic heterocycles. The Morgan fingerprint density at radius 3 is 1.80 bits per heavy atom. The van der Waals surface area contributed by atoms with E-state index in [1.54, 1.807) is 6.07 Å². The van der Waals surface area contributed by atoms with Crippen LogP contribution in [0.3, 0.4) is 0 Å². The summed E-state index contributed by atoms with van der Waals surface area (Å²) in [6.45, 7) is 12.3. The summed E-state index contributed by atoms with van der Waals surface area (Å²) < 4.78 is 1.82. The van der Waals surface area contributed by atoms with Gasteiger partial charge in [-0.1, -0.05) is 96.8 Å². The maximum atomic E-state index is 13.5. The van der Waals surface area contributed by atoms with Gasteiger partial charge < -0.3 is 0 Å². The molecule has 0 fully saturated rings. The van der Waals surface area contributed by atoms with Crippen LogP contribution in [-0.2, 0) is 13.0 Å². The Kier molecular flexibility index (Phi) is 16.1. The van der Waals surface area contributed by atoms with Gasteiger partial charge in [-0.3, -0.25) is 24.4 Å². The van der Waals surface area contributed by atoms with Crippen LogP contribution in [-0.4, -0.2) is 38.0 Å². The molecule has 40 heavy (non-hydrogen) atoms. The van der Waals surface area contributed by atoms with Crippen molar-refractivity contribution >= 4 is 16.6 Å². The van der Waals surface area contributed by atoms with Gasteiger partial charge in [-0.25, -0.2) is 4.98 Å². The lowest BCUT2D eigenvalue weighted by atomic mass is 10.0. The van der Waals surface area contributed by atoms with Crippen molar-refractivity contribution in [2.24, 2.45) is 0 Å². The number of aryl methyl sites for hydroxylation is 1. The Balaban J connectivity index is 1.87. The second-order valence-corrected chi connectivity index (χ2v) is 12.1. The van der Waals surface area contributed by atoms with Gasteiger partial charge in [0.25, 0.3) is 11.2 Å². The Morgan fingerprint density at radius 1 is 0.825 bits per heavy atom. The fourth-order valence-electron chi connectivity index (χ4n) is 5.77. The third kappa shape index (κ3) is 11.7. The van der Waals surface area contributed by atoms with Crippen molar-refractivity contribution in [2.75, 3.05) is 6.54 Å². The first-order valence-electron chi connectivity index (χ1n) is 16.2. The SMILES string of the molecule is CCCCCCCCCCCCCCCCCc1nc2cc([N+](=O)[O-])ccc2c(=O)n1CCN(C(C)C)C(C)C. The highest BCUT2D eigenvalue weighted by Crippen LogP contribution is 2.19. The van der Waals surface area contributed by atoms with Gasteiger partial charge in [-0.15, -0.1) is 0 Å². The number of fused-ring (bicyclic) bond motifs is 1. The smallest absolute Gasteiger partial charge is 0.271 e. The Labute approximate surface area is 242 Å². The Morgan fingerprint density at radius 2 is 1.32 bits per heavy atom. The Hall–Kier alpha value is -2.28. The standard InChI is InChI=1S/C33H56N4O3/c1-6-7-8-9-10-11-12-13-14-15-16-17-18-19-20-21-32-34-31-26-29(37(39)40)22-23-30(31)33(38)36(32)25-24-35(27(2)3)28(4)5/h22-23,26-28H,6-21,24-25H2,1-5H3. The molecule has 0 aliphatic rings. The third-order valence-electron chi connectivity index (χ3n) is 8.14. The molecule has 0 radical (unpaired) electrons. The van der Waals surface area contributed by atoms with Crippen LogP contribution < -0.4 is 5.56 Å². The van der Waals surface area contributed by atoms with Crippen LogP contribution in [0.1, 0.15) is 137 Å². The minimum Gasteiger partial charge on any atom is -0.297 e. The number of unbranched alkanes of at least 4 members (excludes halogenated alkanes) is 14. The summed E-state index contributed by atoms with van der Waals surface area (Å²) in [5, 5.41) is 11.8. The topological polar surface area (TPSA) is 81.3 Å². The van der Waals surface area contributed by atoms with Gasteiger partial charge >= 0.3 is 0 Å². The maximum absolute atomic E-state index is 13.5. The largest absolute Gasteiger partial charge is 0.297 e. The normalized spacial score (nSPS) is 11.9. The van der Waals surface area contributed by atoms with E-state index in [9.17, 15) is 14.9 Å². The summed E-state index contributed by atoms with van der Waals surface area (Å²) in [5.41, 5.74) is 0.306. The first kappa shape index (κ1) is 33.9. The number of hydrogen-bond donors (Lipinski definition) is 0. The lowest BCUT2D eigenvalue weighted by molar-refractivity contribution is -0.384. The zero-order valence-corrected chi connectivity index (χ0v) is 26.1. The average Bonchev–Trinajstić information content (AvgIpc) is 2.91. The van der Waals surface area contributed by atoms with E-state index < -0.39 is 4.92 Å². The molecule has 0 N–H and O–H groups in total. The van der Waals surface area contributed by atoms with E-state index in [1.807, 2.05) is 4.57 Å². The number of nitrogens with zero attached hydrogens (tertiary/aromatic N) is 4. The number of aromatic nitrogens is 2. The van der Waals surface area contributed by atoms with E-state index in [4.69, 9.17) is 4.98 Å².